The van der Waals surface area contributed by atoms with Crippen LogP contribution in [0.5, 0.6) is 0 Å². The second kappa shape index (κ2) is 6.08. The Hall–Kier alpha value is -2.27. The average molecular weight is 324 g/mol. The third-order valence-electron chi connectivity index (χ3n) is 4.07. The summed E-state index contributed by atoms with van der Waals surface area (Å²) in [6, 6.07) is 8.46. The van der Waals surface area contributed by atoms with Crippen molar-refractivity contribution in [3.8, 4) is 11.4 Å². The Labute approximate surface area is 141 Å². The maximum Gasteiger partial charge on any atom is 0.160 e. The summed E-state index contributed by atoms with van der Waals surface area (Å²) >= 11 is 5.03. The quantitative estimate of drug-likeness (QED) is 0.744. The first kappa shape index (κ1) is 15.6. The number of aryl methyl sites for hydroxylation is 4. The minimum atomic E-state index is 0.505. The Morgan fingerprint density at radius 1 is 1.17 bits per heavy atom. The van der Waals surface area contributed by atoms with E-state index in [1.807, 2.05) is 13.1 Å². The molecule has 0 fully saturated rings. The van der Waals surface area contributed by atoms with Gasteiger partial charge in [-0.1, -0.05) is 24.4 Å². The lowest BCUT2D eigenvalue weighted by atomic mass is 10.1. The number of imidazole rings is 1. The topological polar surface area (TPSA) is 56.7 Å². The van der Waals surface area contributed by atoms with E-state index >= 15 is 0 Å². The van der Waals surface area contributed by atoms with Crippen molar-refractivity contribution >= 4 is 28.4 Å². The molecule has 1 aromatic carbocycles. The minimum Gasteiger partial charge on any atom is -0.393 e. The number of aromatic nitrogens is 3. The molecule has 0 atom stereocenters. The molecule has 0 aliphatic rings. The van der Waals surface area contributed by atoms with E-state index in [9.17, 15) is 0 Å². The van der Waals surface area contributed by atoms with Crippen LogP contribution in [0.4, 0.5) is 0 Å². The molecule has 3 aromatic rings. The Kier molecular flexibility index (Phi) is 4.13. The number of hydrogen-bond acceptors (Lipinski definition) is 3. The smallest absolute Gasteiger partial charge is 0.160 e. The van der Waals surface area contributed by atoms with Crippen molar-refractivity contribution in [1.82, 2.24) is 14.5 Å². The van der Waals surface area contributed by atoms with Crippen molar-refractivity contribution < 1.29 is 0 Å². The molecule has 2 aromatic heterocycles. The number of benzene rings is 1. The highest BCUT2D eigenvalue weighted by atomic mass is 32.1. The van der Waals surface area contributed by atoms with E-state index < -0.39 is 0 Å². The van der Waals surface area contributed by atoms with Crippen molar-refractivity contribution in [3.63, 3.8) is 0 Å². The molecular weight excluding hydrogens is 304 g/mol. The second-order valence-corrected chi connectivity index (χ2v) is 6.48. The van der Waals surface area contributed by atoms with Crippen molar-refractivity contribution in [2.24, 2.45) is 5.73 Å². The fourth-order valence-corrected chi connectivity index (χ4v) is 2.74. The molecule has 2 heterocycles. The standard InChI is InChI=1S/C18H20N4S/c1-11-8-15-18(20-10-11)22(7-6-16(19)23)17(21-15)14-5-4-12(2)13(3)9-14/h4-5,8-10H,6-7H2,1-3H3,(H2,19,23). The molecule has 0 aliphatic carbocycles. The summed E-state index contributed by atoms with van der Waals surface area (Å²) in [5.41, 5.74) is 12.2. The number of hydrogen-bond donors (Lipinski definition) is 1. The molecule has 0 aliphatic heterocycles. The zero-order chi connectivity index (χ0) is 16.6. The fourth-order valence-electron chi connectivity index (χ4n) is 2.65. The largest absolute Gasteiger partial charge is 0.393 e. The summed E-state index contributed by atoms with van der Waals surface area (Å²) in [7, 11) is 0. The monoisotopic (exact) mass is 324 g/mol. The van der Waals surface area contributed by atoms with Gasteiger partial charge in [0.15, 0.2) is 5.65 Å². The van der Waals surface area contributed by atoms with Gasteiger partial charge in [-0.25, -0.2) is 9.97 Å². The molecule has 0 amide bonds. The van der Waals surface area contributed by atoms with Crippen LogP contribution in [0, 0.1) is 20.8 Å². The van der Waals surface area contributed by atoms with Gasteiger partial charge in [-0.2, -0.15) is 0 Å². The lowest BCUT2D eigenvalue weighted by Gasteiger charge is -2.09. The summed E-state index contributed by atoms with van der Waals surface area (Å²) in [5, 5.41) is 0. The normalized spacial score (nSPS) is 11.1. The molecule has 5 heteroatoms. The lowest BCUT2D eigenvalue weighted by Crippen LogP contribution is -2.12. The van der Waals surface area contributed by atoms with Gasteiger partial charge in [0, 0.05) is 24.7 Å². The van der Waals surface area contributed by atoms with Gasteiger partial charge in [0.25, 0.3) is 0 Å². The van der Waals surface area contributed by atoms with E-state index in [0.29, 0.717) is 18.0 Å². The van der Waals surface area contributed by atoms with Crippen LogP contribution in [-0.4, -0.2) is 19.5 Å². The molecule has 0 saturated heterocycles. The summed E-state index contributed by atoms with van der Waals surface area (Å²) < 4.78 is 2.11. The van der Waals surface area contributed by atoms with E-state index in [0.717, 1.165) is 28.1 Å². The van der Waals surface area contributed by atoms with E-state index in [1.54, 1.807) is 0 Å². The lowest BCUT2D eigenvalue weighted by molar-refractivity contribution is 0.749. The molecule has 0 saturated carbocycles. The predicted molar refractivity (Wildman–Crippen MR) is 98.6 cm³/mol. The Bertz CT molecular complexity index is 895. The molecule has 0 spiro atoms. The SMILES string of the molecule is Cc1cnc2c(c1)nc(-c1ccc(C)c(C)c1)n2CCC(N)=S. The van der Waals surface area contributed by atoms with Crippen molar-refractivity contribution in [2.45, 2.75) is 33.7 Å². The number of pyridine rings is 1. The van der Waals surface area contributed by atoms with Gasteiger partial charge >= 0.3 is 0 Å². The minimum absolute atomic E-state index is 0.505. The van der Waals surface area contributed by atoms with Crippen molar-refractivity contribution in [1.29, 1.82) is 0 Å². The summed E-state index contributed by atoms with van der Waals surface area (Å²) in [6.07, 6.45) is 2.50. The molecular formula is C18H20N4S. The molecule has 118 valence electrons. The van der Waals surface area contributed by atoms with Crippen LogP contribution < -0.4 is 5.73 Å². The molecule has 0 bridgehead atoms. The van der Waals surface area contributed by atoms with E-state index in [4.69, 9.17) is 22.9 Å². The second-order valence-electron chi connectivity index (χ2n) is 5.96. The number of nitrogens with two attached hydrogens (primary N) is 1. The van der Waals surface area contributed by atoms with Gasteiger partial charge in [0.1, 0.15) is 11.3 Å². The van der Waals surface area contributed by atoms with E-state index in [-0.39, 0.29) is 0 Å². The predicted octanol–water partition coefficient (Wildman–Crippen LogP) is 3.70. The highest BCUT2D eigenvalue weighted by molar-refractivity contribution is 7.80. The Morgan fingerprint density at radius 2 is 1.96 bits per heavy atom. The highest BCUT2D eigenvalue weighted by Crippen LogP contribution is 2.26. The number of nitrogens with zero attached hydrogens (tertiary/aromatic N) is 3. The maximum atomic E-state index is 5.69. The van der Waals surface area contributed by atoms with Gasteiger partial charge in [-0.05, 0) is 49.6 Å². The first-order chi connectivity index (χ1) is 11.0. The third kappa shape index (κ3) is 3.10. The zero-order valence-electron chi connectivity index (χ0n) is 13.6. The Balaban J connectivity index is 2.18. The van der Waals surface area contributed by atoms with Gasteiger partial charge in [-0.15, -0.1) is 0 Å². The zero-order valence-corrected chi connectivity index (χ0v) is 14.4. The van der Waals surface area contributed by atoms with E-state index in [1.165, 1.54) is 11.1 Å². The third-order valence-corrected chi connectivity index (χ3v) is 4.27. The van der Waals surface area contributed by atoms with Crippen LogP contribution in [0.1, 0.15) is 23.1 Å². The Morgan fingerprint density at radius 3 is 2.65 bits per heavy atom. The highest BCUT2D eigenvalue weighted by Gasteiger charge is 2.14. The summed E-state index contributed by atoms with van der Waals surface area (Å²) in [6.45, 7) is 6.93. The van der Waals surface area contributed by atoms with Crippen LogP contribution in [-0.2, 0) is 6.54 Å². The van der Waals surface area contributed by atoms with Crippen LogP contribution in [0.3, 0.4) is 0 Å². The average Bonchev–Trinajstić information content (AvgIpc) is 2.85. The number of fused-ring (bicyclic) bond motifs is 1. The number of thiocarbonyl (C=S) groups is 1. The maximum absolute atomic E-state index is 5.69. The molecule has 23 heavy (non-hydrogen) atoms. The molecule has 0 radical (unpaired) electrons. The molecule has 0 unspecified atom stereocenters. The van der Waals surface area contributed by atoms with Crippen molar-refractivity contribution in [2.75, 3.05) is 0 Å². The van der Waals surface area contributed by atoms with Crippen LogP contribution in [0.15, 0.2) is 30.5 Å². The van der Waals surface area contributed by atoms with Crippen LogP contribution in [0.2, 0.25) is 0 Å². The van der Waals surface area contributed by atoms with Crippen LogP contribution in [0.25, 0.3) is 22.6 Å². The van der Waals surface area contributed by atoms with Crippen molar-refractivity contribution in [3.05, 3.63) is 47.2 Å². The molecule has 4 nitrogen and oxygen atoms in total. The van der Waals surface area contributed by atoms with Gasteiger partial charge in [0.05, 0.1) is 4.99 Å². The fraction of sp³-hybridized carbons (Fsp3) is 0.278. The number of rotatable bonds is 4. The first-order valence-electron chi connectivity index (χ1n) is 7.64. The summed E-state index contributed by atoms with van der Waals surface area (Å²) in [4.78, 5) is 9.87. The van der Waals surface area contributed by atoms with Gasteiger partial charge in [-0.3, -0.25) is 0 Å². The summed E-state index contributed by atoms with van der Waals surface area (Å²) in [5.74, 6) is 0.914. The van der Waals surface area contributed by atoms with Crippen LogP contribution >= 0.6 is 12.2 Å². The molecule has 3 rings (SSSR count). The van der Waals surface area contributed by atoms with Gasteiger partial charge < -0.3 is 10.3 Å². The first-order valence-corrected chi connectivity index (χ1v) is 8.05. The molecule has 2 N–H and O–H groups in total. The van der Waals surface area contributed by atoms with E-state index in [2.05, 4.69) is 47.7 Å². The van der Waals surface area contributed by atoms with Gasteiger partial charge in [0.2, 0.25) is 0 Å².